The molecule has 1 aliphatic rings. The van der Waals surface area contributed by atoms with Crippen LogP contribution in [0.5, 0.6) is 11.5 Å². The summed E-state index contributed by atoms with van der Waals surface area (Å²) in [6, 6.07) is 10.6. The second-order valence-corrected chi connectivity index (χ2v) is 8.48. The van der Waals surface area contributed by atoms with Gasteiger partial charge in [-0.05, 0) is 48.6 Å². The van der Waals surface area contributed by atoms with Crippen LogP contribution in [-0.2, 0) is 6.54 Å². The maximum absolute atomic E-state index is 12.7. The second-order valence-electron chi connectivity index (χ2n) is 8.08. The molecule has 1 saturated heterocycles. The van der Waals surface area contributed by atoms with Crippen molar-refractivity contribution in [2.24, 2.45) is 5.92 Å². The molecule has 1 heterocycles. The molecule has 7 heteroatoms. The van der Waals surface area contributed by atoms with E-state index in [4.69, 9.17) is 21.1 Å². The molecule has 1 aliphatic heterocycles. The Kier molecular flexibility index (Phi) is 7.80. The fraction of sp³-hybridized carbons (Fsp3) is 0.417. The Morgan fingerprint density at radius 3 is 2.55 bits per heavy atom. The predicted molar refractivity (Wildman–Crippen MR) is 121 cm³/mol. The van der Waals surface area contributed by atoms with Gasteiger partial charge in [0, 0.05) is 30.8 Å². The summed E-state index contributed by atoms with van der Waals surface area (Å²) in [4.78, 5) is 27.2. The number of carbonyl (C=O) groups excluding carboxylic acids is 2. The summed E-state index contributed by atoms with van der Waals surface area (Å²) >= 11 is 6.35. The Bertz CT molecular complexity index is 939. The molecular weight excluding hydrogens is 416 g/mol. The lowest BCUT2D eigenvalue weighted by Crippen LogP contribution is -2.28. The van der Waals surface area contributed by atoms with E-state index in [1.165, 1.54) is 7.11 Å². The van der Waals surface area contributed by atoms with Crippen LogP contribution in [0.4, 0.5) is 0 Å². The van der Waals surface area contributed by atoms with Crippen molar-refractivity contribution in [3.05, 3.63) is 58.1 Å². The summed E-state index contributed by atoms with van der Waals surface area (Å²) in [6.07, 6.45) is 2.10. The highest BCUT2D eigenvalue weighted by Gasteiger charge is 2.20. The van der Waals surface area contributed by atoms with Crippen LogP contribution in [0.25, 0.3) is 0 Å². The van der Waals surface area contributed by atoms with Gasteiger partial charge in [0.05, 0.1) is 18.7 Å². The summed E-state index contributed by atoms with van der Waals surface area (Å²) in [5.41, 5.74) is 1.88. The van der Waals surface area contributed by atoms with E-state index in [1.807, 2.05) is 43.0 Å². The van der Waals surface area contributed by atoms with E-state index in [0.717, 1.165) is 31.5 Å². The highest BCUT2D eigenvalue weighted by atomic mass is 35.5. The summed E-state index contributed by atoms with van der Waals surface area (Å²) in [7, 11) is 1.51. The smallest absolute Gasteiger partial charge is 0.253 e. The fourth-order valence-electron chi connectivity index (χ4n) is 3.44. The third-order valence-electron chi connectivity index (χ3n) is 5.07. The van der Waals surface area contributed by atoms with Crippen molar-refractivity contribution >= 4 is 23.4 Å². The molecule has 2 amide bonds. The largest absolute Gasteiger partial charge is 0.493 e. The third-order valence-corrected chi connectivity index (χ3v) is 5.35. The van der Waals surface area contributed by atoms with Gasteiger partial charge in [-0.25, -0.2) is 0 Å². The molecule has 3 rings (SSSR count). The standard InChI is InChI=1S/C24H29ClN2O4/c1-16(2)15-31-22-20(25)12-19(13-21(22)30-3)23(28)26-14-17-7-6-8-18(11-17)24(29)27-9-4-5-10-27/h6-8,11-13,16H,4-5,9-10,14-15H2,1-3H3,(H,26,28). The average molecular weight is 445 g/mol. The van der Waals surface area contributed by atoms with Gasteiger partial charge in [0.15, 0.2) is 11.5 Å². The van der Waals surface area contributed by atoms with E-state index in [0.29, 0.717) is 46.7 Å². The Balaban J connectivity index is 1.67. The highest BCUT2D eigenvalue weighted by Crippen LogP contribution is 2.36. The Hall–Kier alpha value is -2.73. The van der Waals surface area contributed by atoms with Gasteiger partial charge in [-0.1, -0.05) is 37.6 Å². The van der Waals surface area contributed by atoms with Crippen LogP contribution in [0.3, 0.4) is 0 Å². The molecule has 0 aromatic heterocycles. The van der Waals surface area contributed by atoms with Gasteiger partial charge in [0.2, 0.25) is 0 Å². The molecular formula is C24H29ClN2O4. The summed E-state index contributed by atoms with van der Waals surface area (Å²) in [5.74, 6) is 0.932. The van der Waals surface area contributed by atoms with E-state index in [1.54, 1.807) is 12.1 Å². The highest BCUT2D eigenvalue weighted by molar-refractivity contribution is 6.32. The molecule has 0 radical (unpaired) electrons. The SMILES string of the molecule is COc1cc(C(=O)NCc2cccc(C(=O)N3CCCC3)c2)cc(Cl)c1OCC(C)C. The lowest BCUT2D eigenvalue weighted by atomic mass is 10.1. The molecule has 2 aromatic carbocycles. The molecule has 166 valence electrons. The number of likely N-dealkylation sites (tertiary alicyclic amines) is 1. The van der Waals surface area contributed by atoms with Crippen LogP contribution in [0.2, 0.25) is 5.02 Å². The lowest BCUT2D eigenvalue weighted by molar-refractivity contribution is 0.0792. The van der Waals surface area contributed by atoms with Crippen LogP contribution in [-0.4, -0.2) is 43.5 Å². The monoisotopic (exact) mass is 444 g/mol. The molecule has 0 unspecified atom stereocenters. The normalized spacial score (nSPS) is 13.4. The van der Waals surface area contributed by atoms with Crippen LogP contribution >= 0.6 is 11.6 Å². The average Bonchev–Trinajstić information content (AvgIpc) is 3.30. The third kappa shape index (κ3) is 5.91. The van der Waals surface area contributed by atoms with Gasteiger partial charge in [-0.3, -0.25) is 9.59 Å². The lowest BCUT2D eigenvalue weighted by Gasteiger charge is -2.16. The molecule has 2 aromatic rings. The summed E-state index contributed by atoms with van der Waals surface area (Å²) < 4.78 is 11.1. The zero-order valence-electron chi connectivity index (χ0n) is 18.2. The van der Waals surface area contributed by atoms with E-state index in [2.05, 4.69) is 5.32 Å². The number of amides is 2. The maximum Gasteiger partial charge on any atom is 0.253 e. The number of carbonyl (C=O) groups is 2. The first-order valence-corrected chi connectivity index (χ1v) is 10.9. The minimum Gasteiger partial charge on any atom is -0.493 e. The van der Waals surface area contributed by atoms with Crippen LogP contribution in [0, 0.1) is 5.92 Å². The molecule has 0 atom stereocenters. The summed E-state index contributed by atoms with van der Waals surface area (Å²) in [5, 5.41) is 3.20. The van der Waals surface area contributed by atoms with E-state index < -0.39 is 0 Å². The van der Waals surface area contributed by atoms with E-state index in [-0.39, 0.29) is 11.8 Å². The molecule has 31 heavy (non-hydrogen) atoms. The van der Waals surface area contributed by atoms with Crippen LogP contribution in [0.15, 0.2) is 36.4 Å². The summed E-state index contributed by atoms with van der Waals surface area (Å²) in [6.45, 7) is 6.48. The zero-order valence-corrected chi connectivity index (χ0v) is 19.0. The number of ether oxygens (including phenoxy) is 2. The molecule has 0 spiro atoms. The number of benzene rings is 2. The molecule has 6 nitrogen and oxygen atoms in total. The Morgan fingerprint density at radius 1 is 1.13 bits per heavy atom. The number of halogens is 1. The quantitative estimate of drug-likeness (QED) is 0.648. The van der Waals surface area contributed by atoms with Crippen molar-refractivity contribution in [2.45, 2.75) is 33.2 Å². The van der Waals surface area contributed by atoms with Crippen molar-refractivity contribution in [3.8, 4) is 11.5 Å². The van der Waals surface area contributed by atoms with Crippen molar-refractivity contribution < 1.29 is 19.1 Å². The Morgan fingerprint density at radius 2 is 1.87 bits per heavy atom. The van der Waals surface area contributed by atoms with Crippen molar-refractivity contribution in [2.75, 3.05) is 26.8 Å². The van der Waals surface area contributed by atoms with Crippen LogP contribution < -0.4 is 14.8 Å². The van der Waals surface area contributed by atoms with Crippen molar-refractivity contribution in [1.82, 2.24) is 10.2 Å². The number of nitrogens with zero attached hydrogens (tertiary/aromatic N) is 1. The Labute approximate surface area is 188 Å². The molecule has 1 fully saturated rings. The predicted octanol–water partition coefficient (Wildman–Crippen LogP) is 4.55. The second kappa shape index (κ2) is 10.5. The van der Waals surface area contributed by atoms with E-state index in [9.17, 15) is 9.59 Å². The van der Waals surface area contributed by atoms with Gasteiger partial charge in [0.25, 0.3) is 11.8 Å². The zero-order chi connectivity index (χ0) is 22.4. The minimum atomic E-state index is -0.285. The number of rotatable bonds is 8. The number of methoxy groups -OCH3 is 1. The van der Waals surface area contributed by atoms with Gasteiger partial charge in [-0.15, -0.1) is 0 Å². The first-order chi connectivity index (χ1) is 14.9. The topological polar surface area (TPSA) is 67.9 Å². The first-order valence-electron chi connectivity index (χ1n) is 10.6. The number of nitrogens with one attached hydrogen (secondary N) is 1. The fourth-order valence-corrected chi connectivity index (χ4v) is 3.71. The minimum absolute atomic E-state index is 0.0409. The van der Waals surface area contributed by atoms with Crippen molar-refractivity contribution in [1.29, 1.82) is 0 Å². The number of hydrogen-bond donors (Lipinski definition) is 1. The molecule has 0 saturated carbocycles. The molecule has 0 aliphatic carbocycles. The first kappa shape index (κ1) is 22.9. The van der Waals surface area contributed by atoms with Gasteiger partial charge in [-0.2, -0.15) is 0 Å². The van der Waals surface area contributed by atoms with Crippen molar-refractivity contribution in [3.63, 3.8) is 0 Å². The molecule has 1 N–H and O–H groups in total. The van der Waals surface area contributed by atoms with Gasteiger partial charge < -0.3 is 19.7 Å². The number of hydrogen-bond acceptors (Lipinski definition) is 4. The van der Waals surface area contributed by atoms with Crippen LogP contribution in [0.1, 0.15) is 53.0 Å². The van der Waals surface area contributed by atoms with Gasteiger partial charge in [0.1, 0.15) is 0 Å². The van der Waals surface area contributed by atoms with E-state index >= 15 is 0 Å². The molecule has 0 bridgehead atoms. The van der Waals surface area contributed by atoms with Gasteiger partial charge >= 0.3 is 0 Å². The maximum atomic E-state index is 12.7.